The zero-order chi connectivity index (χ0) is 19.9. The average molecular weight is 386 g/mol. The molecule has 0 radical (unpaired) electrons. The maximum atomic E-state index is 13.6. The molecule has 1 aliphatic rings. The monoisotopic (exact) mass is 386 g/mol. The summed E-state index contributed by atoms with van der Waals surface area (Å²) < 4.78 is 18.6. The molecule has 8 heteroatoms. The van der Waals surface area contributed by atoms with Gasteiger partial charge in [-0.15, -0.1) is 0 Å². The van der Waals surface area contributed by atoms with E-state index >= 15 is 0 Å². The highest BCUT2D eigenvalue weighted by molar-refractivity contribution is 6.03. The van der Waals surface area contributed by atoms with Gasteiger partial charge in [0.1, 0.15) is 11.5 Å². The zero-order valence-electron chi connectivity index (χ0n) is 15.7. The van der Waals surface area contributed by atoms with E-state index in [1.165, 1.54) is 12.1 Å². The number of likely N-dealkylation sites (tertiary alicyclic amines) is 1. The van der Waals surface area contributed by atoms with Crippen LogP contribution < -0.4 is 10.6 Å². The molecule has 1 fully saturated rings. The first kappa shape index (κ1) is 19.6. The second-order valence-corrected chi connectivity index (χ2v) is 6.47. The first-order valence-corrected chi connectivity index (χ1v) is 9.27. The number of nitrogens with zero attached hydrogens (tertiary/aromatic N) is 2. The molecule has 3 rings (SSSR count). The maximum Gasteiger partial charge on any atom is 0.409 e. The molecular formula is C20H23FN4O3. The van der Waals surface area contributed by atoms with Crippen molar-refractivity contribution in [1.82, 2.24) is 9.88 Å². The average Bonchev–Trinajstić information content (AvgIpc) is 2.71. The van der Waals surface area contributed by atoms with E-state index in [2.05, 4.69) is 15.6 Å². The van der Waals surface area contributed by atoms with Crippen LogP contribution in [0.3, 0.4) is 0 Å². The Labute approximate surface area is 162 Å². The lowest BCUT2D eigenvalue weighted by Gasteiger charge is -2.32. The van der Waals surface area contributed by atoms with Crippen LogP contribution in [-0.2, 0) is 4.74 Å². The fourth-order valence-electron chi connectivity index (χ4n) is 3.02. The number of carbonyl (C=O) groups is 2. The highest BCUT2D eigenvalue weighted by atomic mass is 19.1. The molecule has 0 spiro atoms. The largest absolute Gasteiger partial charge is 0.450 e. The van der Waals surface area contributed by atoms with Crippen LogP contribution in [0.4, 0.5) is 20.6 Å². The molecular weight excluding hydrogens is 363 g/mol. The number of anilines is 2. The molecule has 0 bridgehead atoms. The molecule has 2 heterocycles. The number of nitrogens with one attached hydrogen (secondary N) is 2. The molecule has 1 aliphatic heterocycles. The van der Waals surface area contributed by atoms with Gasteiger partial charge in [0.2, 0.25) is 0 Å². The molecule has 0 saturated carbocycles. The number of hydrogen-bond donors (Lipinski definition) is 2. The van der Waals surface area contributed by atoms with Gasteiger partial charge in [-0.25, -0.2) is 14.2 Å². The minimum atomic E-state index is -0.497. The van der Waals surface area contributed by atoms with Crippen LogP contribution in [0.1, 0.15) is 30.3 Å². The third kappa shape index (κ3) is 4.97. The molecule has 0 aliphatic carbocycles. The predicted octanol–water partition coefficient (Wildman–Crippen LogP) is 3.51. The Balaban J connectivity index is 1.52. The van der Waals surface area contributed by atoms with Gasteiger partial charge in [-0.3, -0.25) is 4.79 Å². The van der Waals surface area contributed by atoms with Crippen LogP contribution >= 0.6 is 0 Å². The van der Waals surface area contributed by atoms with Crippen LogP contribution in [0.15, 0.2) is 42.6 Å². The van der Waals surface area contributed by atoms with Crippen LogP contribution in [-0.4, -0.2) is 47.6 Å². The molecule has 7 nitrogen and oxygen atoms in total. The van der Waals surface area contributed by atoms with Gasteiger partial charge in [0.15, 0.2) is 0 Å². The Morgan fingerprint density at radius 3 is 2.61 bits per heavy atom. The SMILES string of the molecule is CCOC(=O)N1CCC(Nc2ccc(C(=O)Nc3ccccc3F)nc2)CC1. The van der Waals surface area contributed by atoms with E-state index in [4.69, 9.17) is 4.74 Å². The van der Waals surface area contributed by atoms with Crippen molar-refractivity contribution in [3.05, 3.63) is 54.1 Å². The lowest BCUT2D eigenvalue weighted by Crippen LogP contribution is -2.42. The molecule has 1 aromatic heterocycles. The first-order valence-electron chi connectivity index (χ1n) is 9.27. The van der Waals surface area contributed by atoms with E-state index in [0.717, 1.165) is 18.5 Å². The van der Waals surface area contributed by atoms with E-state index in [-0.39, 0.29) is 23.5 Å². The maximum absolute atomic E-state index is 13.6. The zero-order valence-corrected chi connectivity index (χ0v) is 15.7. The topological polar surface area (TPSA) is 83.6 Å². The lowest BCUT2D eigenvalue weighted by atomic mass is 10.1. The number of hydrogen-bond acceptors (Lipinski definition) is 5. The fourth-order valence-corrected chi connectivity index (χ4v) is 3.02. The third-order valence-corrected chi connectivity index (χ3v) is 4.51. The van der Waals surface area contributed by atoms with Crippen molar-refractivity contribution in [2.45, 2.75) is 25.8 Å². The highest BCUT2D eigenvalue weighted by Crippen LogP contribution is 2.18. The van der Waals surface area contributed by atoms with Gasteiger partial charge in [0.25, 0.3) is 5.91 Å². The molecule has 0 atom stereocenters. The summed E-state index contributed by atoms with van der Waals surface area (Å²) in [6.45, 7) is 3.43. The Morgan fingerprint density at radius 2 is 1.96 bits per heavy atom. The van der Waals surface area contributed by atoms with Crippen LogP contribution in [0.5, 0.6) is 0 Å². The normalized spacial score (nSPS) is 14.4. The first-order chi connectivity index (χ1) is 13.6. The van der Waals surface area contributed by atoms with Gasteiger partial charge in [-0.05, 0) is 44.0 Å². The van der Waals surface area contributed by atoms with Gasteiger partial charge >= 0.3 is 6.09 Å². The number of para-hydroxylation sites is 1. The molecule has 148 valence electrons. The van der Waals surface area contributed by atoms with Crippen molar-refractivity contribution in [1.29, 1.82) is 0 Å². The number of amides is 2. The summed E-state index contributed by atoms with van der Waals surface area (Å²) >= 11 is 0. The Bertz CT molecular complexity index is 820. The molecule has 2 aromatic rings. The van der Waals surface area contributed by atoms with Gasteiger partial charge in [-0.2, -0.15) is 0 Å². The summed E-state index contributed by atoms with van der Waals surface area (Å²) in [7, 11) is 0. The molecule has 2 N–H and O–H groups in total. The smallest absolute Gasteiger partial charge is 0.409 e. The Morgan fingerprint density at radius 1 is 1.21 bits per heavy atom. The second-order valence-electron chi connectivity index (χ2n) is 6.47. The molecule has 1 saturated heterocycles. The second kappa shape index (κ2) is 9.16. The van der Waals surface area contributed by atoms with E-state index in [1.807, 2.05) is 0 Å². The highest BCUT2D eigenvalue weighted by Gasteiger charge is 2.23. The standard InChI is InChI=1S/C20H23FN4O3/c1-2-28-20(27)25-11-9-14(10-12-25)23-15-7-8-18(22-13-15)19(26)24-17-6-4-3-5-16(17)21/h3-8,13-14,23H,2,9-12H2,1H3,(H,24,26). The van der Waals surface area contributed by atoms with Gasteiger partial charge in [0, 0.05) is 19.1 Å². The quantitative estimate of drug-likeness (QED) is 0.822. The number of ether oxygens (including phenoxy) is 1. The summed E-state index contributed by atoms with van der Waals surface area (Å²) in [4.78, 5) is 29.8. The number of carbonyl (C=O) groups excluding carboxylic acids is 2. The number of benzene rings is 1. The minimum Gasteiger partial charge on any atom is -0.450 e. The summed E-state index contributed by atoms with van der Waals surface area (Å²) in [6.07, 6.45) is 2.91. The van der Waals surface area contributed by atoms with E-state index < -0.39 is 11.7 Å². The third-order valence-electron chi connectivity index (χ3n) is 4.51. The number of piperidine rings is 1. The van der Waals surface area contributed by atoms with Crippen LogP contribution in [0.25, 0.3) is 0 Å². The Kier molecular flexibility index (Phi) is 6.41. The van der Waals surface area contributed by atoms with E-state index in [0.29, 0.717) is 19.7 Å². The van der Waals surface area contributed by atoms with Crippen molar-refractivity contribution >= 4 is 23.4 Å². The molecule has 28 heavy (non-hydrogen) atoms. The molecule has 2 amide bonds. The van der Waals surface area contributed by atoms with E-state index in [1.54, 1.807) is 42.3 Å². The Hall–Kier alpha value is -3.16. The van der Waals surface area contributed by atoms with Gasteiger partial charge in [0.05, 0.1) is 24.2 Å². The summed E-state index contributed by atoms with van der Waals surface area (Å²) in [5, 5.41) is 5.87. The summed E-state index contributed by atoms with van der Waals surface area (Å²) in [6, 6.07) is 9.54. The van der Waals surface area contributed by atoms with Gasteiger partial charge < -0.3 is 20.3 Å². The van der Waals surface area contributed by atoms with Crippen molar-refractivity contribution in [3.8, 4) is 0 Å². The van der Waals surface area contributed by atoms with E-state index in [9.17, 15) is 14.0 Å². The minimum absolute atomic E-state index is 0.116. The van der Waals surface area contributed by atoms with Crippen molar-refractivity contribution in [2.24, 2.45) is 0 Å². The molecule has 1 aromatic carbocycles. The van der Waals surface area contributed by atoms with Crippen molar-refractivity contribution in [3.63, 3.8) is 0 Å². The number of rotatable bonds is 5. The number of pyridine rings is 1. The van der Waals surface area contributed by atoms with Crippen LogP contribution in [0, 0.1) is 5.82 Å². The number of halogens is 1. The van der Waals surface area contributed by atoms with Crippen LogP contribution in [0.2, 0.25) is 0 Å². The molecule has 0 unspecified atom stereocenters. The van der Waals surface area contributed by atoms with Crippen molar-refractivity contribution < 1.29 is 18.7 Å². The summed E-state index contributed by atoms with van der Waals surface area (Å²) in [5.41, 5.74) is 1.10. The predicted molar refractivity (Wildman–Crippen MR) is 104 cm³/mol. The van der Waals surface area contributed by atoms with Gasteiger partial charge in [-0.1, -0.05) is 12.1 Å². The fraction of sp³-hybridized carbons (Fsp3) is 0.350. The lowest BCUT2D eigenvalue weighted by molar-refractivity contribution is 0.0982. The number of aromatic nitrogens is 1. The van der Waals surface area contributed by atoms with Crippen molar-refractivity contribution in [2.75, 3.05) is 30.3 Å². The summed E-state index contributed by atoms with van der Waals surface area (Å²) in [5.74, 6) is -0.970.